The van der Waals surface area contributed by atoms with Crippen LogP contribution in [0.1, 0.15) is 17.3 Å². The quantitative estimate of drug-likeness (QED) is 0.612. The number of carbonyl (C=O) groups excluding carboxylic acids is 1. The van der Waals surface area contributed by atoms with E-state index in [9.17, 15) is 20.0 Å². The van der Waals surface area contributed by atoms with Gasteiger partial charge in [-0.15, -0.1) is 0 Å². The number of likely N-dealkylation sites (N-methyl/N-ethyl adjacent to an activating group) is 1. The van der Waals surface area contributed by atoms with E-state index in [1.54, 1.807) is 0 Å². The average molecular weight is 267 g/mol. The van der Waals surface area contributed by atoms with Gasteiger partial charge >= 0.3 is 5.69 Å². The first-order chi connectivity index (χ1) is 8.82. The van der Waals surface area contributed by atoms with Gasteiger partial charge in [0, 0.05) is 18.7 Å². The molecule has 0 saturated carbocycles. The van der Waals surface area contributed by atoms with Crippen molar-refractivity contribution in [3.05, 3.63) is 33.9 Å². The highest BCUT2D eigenvalue weighted by Crippen LogP contribution is 2.29. The number of phenolic OH excluding ortho intramolecular Hbond substituents is 1. The third-order valence-corrected chi connectivity index (χ3v) is 2.47. The minimum Gasteiger partial charge on any atom is -0.502 e. The number of hydrogen-bond acceptors (Lipinski definition) is 5. The summed E-state index contributed by atoms with van der Waals surface area (Å²) < 4.78 is 0. The van der Waals surface area contributed by atoms with Crippen LogP contribution >= 0.6 is 0 Å². The van der Waals surface area contributed by atoms with Crippen molar-refractivity contribution >= 4 is 11.6 Å². The molecule has 0 fully saturated rings. The summed E-state index contributed by atoms with van der Waals surface area (Å²) in [7, 11) is 3.74. The van der Waals surface area contributed by atoms with Crippen LogP contribution in [-0.4, -0.2) is 47.5 Å². The molecule has 19 heavy (non-hydrogen) atoms. The standard InChI is InChI=1S/C12H17N3O4/c1-8(7-14(2)3)13-12(17)9-5-4-6-10(11(9)16)15(18)19/h4-6,8,16H,7H2,1-3H3,(H,13,17). The lowest BCUT2D eigenvalue weighted by molar-refractivity contribution is -0.385. The van der Waals surface area contributed by atoms with Crippen LogP contribution in [-0.2, 0) is 0 Å². The maximum absolute atomic E-state index is 11.9. The summed E-state index contributed by atoms with van der Waals surface area (Å²) in [6.07, 6.45) is 0. The molecule has 0 aromatic heterocycles. The smallest absolute Gasteiger partial charge is 0.311 e. The minimum atomic E-state index is -0.727. The number of rotatable bonds is 5. The van der Waals surface area contributed by atoms with Crippen LogP contribution in [0.4, 0.5) is 5.69 Å². The topological polar surface area (TPSA) is 95.7 Å². The van der Waals surface area contributed by atoms with Gasteiger partial charge in [0.25, 0.3) is 5.91 Å². The molecule has 1 atom stereocenters. The summed E-state index contributed by atoms with van der Waals surface area (Å²) >= 11 is 0. The summed E-state index contributed by atoms with van der Waals surface area (Å²) in [6, 6.07) is 3.72. The Balaban J connectivity index is 2.89. The maximum Gasteiger partial charge on any atom is 0.311 e. The molecular formula is C12H17N3O4. The molecule has 0 bridgehead atoms. The Labute approximate surface area is 111 Å². The first-order valence-electron chi connectivity index (χ1n) is 5.75. The normalized spacial score (nSPS) is 12.2. The number of nitro benzene ring substituents is 1. The number of nitrogens with one attached hydrogen (secondary N) is 1. The monoisotopic (exact) mass is 267 g/mol. The third-order valence-electron chi connectivity index (χ3n) is 2.47. The largest absolute Gasteiger partial charge is 0.502 e. The van der Waals surface area contributed by atoms with Gasteiger partial charge in [-0.3, -0.25) is 14.9 Å². The number of nitrogens with zero attached hydrogens (tertiary/aromatic N) is 2. The molecule has 0 aliphatic heterocycles. The molecule has 1 rings (SSSR count). The van der Waals surface area contributed by atoms with Crippen LogP contribution in [0.25, 0.3) is 0 Å². The van der Waals surface area contributed by atoms with Crippen LogP contribution in [0.5, 0.6) is 5.75 Å². The lowest BCUT2D eigenvalue weighted by Crippen LogP contribution is -2.39. The summed E-state index contributed by atoms with van der Waals surface area (Å²) in [4.78, 5) is 23.8. The fourth-order valence-corrected chi connectivity index (χ4v) is 1.76. The Morgan fingerprint density at radius 2 is 2.16 bits per heavy atom. The molecule has 0 heterocycles. The highest BCUT2D eigenvalue weighted by molar-refractivity contribution is 5.98. The molecule has 1 unspecified atom stereocenters. The third kappa shape index (κ3) is 3.92. The number of hydrogen-bond donors (Lipinski definition) is 2. The molecule has 0 saturated heterocycles. The van der Waals surface area contributed by atoms with E-state index < -0.39 is 22.3 Å². The molecule has 7 heteroatoms. The van der Waals surface area contributed by atoms with E-state index in [0.29, 0.717) is 6.54 Å². The van der Waals surface area contributed by atoms with E-state index in [0.717, 1.165) is 6.07 Å². The molecule has 0 radical (unpaired) electrons. The van der Waals surface area contributed by atoms with Gasteiger partial charge in [0.2, 0.25) is 5.75 Å². The molecule has 0 aliphatic rings. The summed E-state index contributed by atoms with van der Waals surface area (Å²) in [5.41, 5.74) is -0.576. The van der Waals surface area contributed by atoms with Crippen molar-refractivity contribution in [2.24, 2.45) is 0 Å². The average Bonchev–Trinajstić information content (AvgIpc) is 2.27. The Morgan fingerprint density at radius 3 is 2.68 bits per heavy atom. The Hall–Kier alpha value is -2.15. The SMILES string of the molecule is CC(CN(C)C)NC(=O)c1cccc([N+](=O)[O-])c1O. The van der Waals surface area contributed by atoms with Crippen molar-refractivity contribution in [3.8, 4) is 5.75 Å². The van der Waals surface area contributed by atoms with E-state index in [1.165, 1.54) is 12.1 Å². The van der Waals surface area contributed by atoms with E-state index in [1.807, 2.05) is 25.9 Å². The second-order valence-electron chi connectivity index (χ2n) is 4.57. The van der Waals surface area contributed by atoms with Gasteiger partial charge in [-0.25, -0.2) is 0 Å². The highest BCUT2D eigenvalue weighted by atomic mass is 16.6. The fraction of sp³-hybridized carbons (Fsp3) is 0.417. The van der Waals surface area contributed by atoms with E-state index in [4.69, 9.17) is 0 Å². The van der Waals surface area contributed by atoms with Crippen LogP contribution < -0.4 is 5.32 Å². The summed E-state index contributed by atoms with van der Waals surface area (Å²) in [6.45, 7) is 2.44. The zero-order valence-corrected chi connectivity index (χ0v) is 11.1. The van der Waals surface area contributed by atoms with Crippen molar-refractivity contribution < 1.29 is 14.8 Å². The van der Waals surface area contributed by atoms with Gasteiger partial charge < -0.3 is 15.3 Å². The first kappa shape index (κ1) is 14.9. The van der Waals surface area contributed by atoms with Crippen molar-refractivity contribution in [1.29, 1.82) is 0 Å². The molecular weight excluding hydrogens is 250 g/mol. The number of phenols is 1. The van der Waals surface area contributed by atoms with Crippen LogP contribution in [0.2, 0.25) is 0 Å². The zero-order valence-electron chi connectivity index (χ0n) is 11.1. The predicted octanol–water partition coefficient (Wildman–Crippen LogP) is 0.980. The second kappa shape index (κ2) is 6.14. The first-order valence-corrected chi connectivity index (χ1v) is 5.75. The number of aromatic hydroxyl groups is 1. The van der Waals surface area contributed by atoms with Gasteiger partial charge in [0.15, 0.2) is 0 Å². The van der Waals surface area contributed by atoms with Crippen molar-refractivity contribution in [2.45, 2.75) is 13.0 Å². The number of amides is 1. The molecule has 0 aliphatic carbocycles. The van der Waals surface area contributed by atoms with Gasteiger partial charge in [-0.05, 0) is 27.1 Å². The van der Waals surface area contributed by atoms with Gasteiger partial charge in [-0.1, -0.05) is 6.07 Å². The lowest BCUT2D eigenvalue weighted by atomic mass is 10.1. The van der Waals surface area contributed by atoms with E-state index in [-0.39, 0.29) is 11.6 Å². The predicted molar refractivity (Wildman–Crippen MR) is 70.2 cm³/mol. The number of para-hydroxylation sites is 1. The molecule has 7 nitrogen and oxygen atoms in total. The molecule has 1 aromatic carbocycles. The van der Waals surface area contributed by atoms with Gasteiger partial charge in [0.1, 0.15) is 0 Å². The summed E-state index contributed by atoms with van der Waals surface area (Å²) in [5, 5.41) is 23.1. The van der Waals surface area contributed by atoms with Crippen LogP contribution in [0.3, 0.4) is 0 Å². The molecule has 1 amide bonds. The molecule has 2 N–H and O–H groups in total. The van der Waals surface area contributed by atoms with Crippen molar-refractivity contribution in [1.82, 2.24) is 10.2 Å². The Morgan fingerprint density at radius 1 is 1.53 bits per heavy atom. The van der Waals surface area contributed by atoms with E-state index in [2.05, 4.69) is 5.32 Å². The summed E-state index contributed by atoms with van der Waals surface area (Å²) in [5.74, 6) is -1.14. The minimum absolute atomic E-state index is 0.0974. The molecule has 104 valence electrons. The maximum atomic E-state index is 11.9. The van der Waals surface area contributed by atoms with Gasteiger partial charge in [0.05, 0.1) is 10.5 Å². The van der Waals surface area contributed by atoms with Crippen molar-refractivity contribution in [3.63, 3.8) is 0 Å². The zero-order chi connectivity index (χ0) is 14.6. The second-order valence-corrected chi connectivity index (χ2v) is 4.57. The van der Waals surface area contributed by atoms with Crippen LogP contribution in [0.15, 0.2) is 18.2 Å². The van der Waals surface area contributed by atoms with Crippen LogP contribution in [0, 0.1) is 10.1 Å². The number of benzene rings is 1. The Bertz CT molecular complexity index is 488. The lowest BCUT2D eigenvalue weighted by Gasteiger charge is -2.18. The number of carbonyl (C=O) groups is 1. The fourth-order valence-electron chi connectivity index (χ4n) is 1.76. The molecule has 0 spiro atoms. The van der Waals surface area contributed by atoms with Gasteiger partial charge in [-0.2, -0.15) is 0 Å². The Kier molecular flexibility index (Phi) is 4.82. The van der Waals surface area contributed by atoms with E-state index >= 15 is 0 Å². The van der Waals surface area contributed by atoms with Crippen molar-refractivity contribution in [2.75, 3.05) is 20.6 Å². The highest BCUT2D eigenvalue weighted by Gasteiger charge is 2.21. The molecule has 1 aromatic rings. The number of nitro groups is 1.